The van der Waals surface area contributed by atoms with E-state index in [0.29, 0.717) is 43.5 Å². The van der Waals surface area contributed by atoms with Crippen LogP contribution >= 0.6 is 0 Å². The van der Waals surface area contributed by atoms with Gasteiger partial charge in [0.15, 0.2) is 11.5 Å². The first-order valence-electron chi connectivity index (χ1n) is 6.45. The third-order valence-electron chi connectivity index (χ3n) is 3.29. The number of hydrogen-bond donors (Lipinski definition) is 2. The highest BCUT2D eigenvalue weighted by Crippen LogP contribution is 2.38. The lowest BCUT2D eigenvalue weighted by atomic mass is 10.2. The lowest BCUT2D eigenvalue weighted by Gasteiger charge is -2.26. The van der Waals surface area contributed by atoms with E-state index in [4.69, 9.17) is 15.2 Å². The minimum absolute atomic E-state index is 0.0202. The smallest absolute Gasteiger partial charge is 0.239 e. The fourth-order valence-electron chi connectivity index (χ4n) is 2.38. The Labute approximate surface area is 111 Å². The van der Waals surface area contributed by atoms with E-state index in [9.17, 15) is 4.79 Å². The van der Waals surface area contributed by atoms with Gasteiger partial charge in [-0.3, -0.25) is 4.79 Å². The van der Waals surface area contributed by atoms with E-state index >= 15 is 0 Å². The van der Waals surface area contributed by atoms with Gasteiger partial charge in [0, 0.05) is 25.2 Å². The molecule has 0 atom stereocenters. The molecule has 19 heavy (non-hydrogen) atoms. The van der Waals surface area contributed by atoms with Gasteiger partial charge in [0.25, 0.3) is 0 Å². The highest BCUT2D eigenvalue weighted by molar-refractivity contribution is 5.84. The molecule has 1 aromatic carbocycles. The molecule has 0 unspecified atom stereocenters. The summed E-state index contributed by atoms with van der Waals surface area (Å²) in [6, 6.07) is 3.63. The zero-order chi connectivity index (χ0) is 13.2. The van der Waals surface area contributed by atoms with Gasteiger partial charge in [-0.1, -0.05) is 0 Å². The first-order chi connectivity index (χ1) is 9.24. The summed E-state index contributed by atoms with van der Waals surface area (Å²) in [6.45, 7) is 2.90. The third kappa shape index (κ3) is 2.38. The largest absolute Gasteiger partial charge is 0.486 e. The molecule has 1 aromatic rings. The Balaban J connectivity index is 1.92. The molecule has 0 radical (unpaired) electrons. The fourth-order valence-corrected chi connectivity index (χ4v) is 2.38. The van der Waals surface area contributed by atoms with Crippen molar-refractivity contribution in [2.45, 2.75) is 6.42 Å². The number of rotatable bonds is 1. The van der Waals surface area contributed by atoms with E-state index in [-0.39, 0.29) is 5.91 Å². The monoisotopic (exact) mass is 263 g/mol. The van der Waals surface area contributed by atoms with Crippen molar-refractivity contribution in [2.75, 3.05) is 43.5 Å². The average molecular weight is 263 g/mol. The molecular weight excluding hydrogens is 246 g/mol. The summed E-state index contributed by atoms with van der Waals surface area (Å²) in [4.78, 5) is 13.6. The molecule has 1 amide bonds. The predicted molar refractivity (Wildman–Crippen MR) is 71.7 cm³/mol. The van der Waals surface area contributed by atoms with E-state index < -0.39 is 0 Å². The van der Waals surface area contributed by atoms with E-state index in [1.165, 1.54) is 0 Å². The molecule has 3 N–H and O–H groups in total. The van der Waals surface area contributed by atoms with Gasteiger partial charge in [-0.15, -0.1) is 0 Å². The maximum Gasteiger partial charge on any atom is 0.239 e. The molecule has 2 heterocycles. The van der Waals surface area contributed by atoms with Crippen LogP contribution in [-0.4, -0.2) is 38.8 Å². The van der Waals surface area contributed by atoms with Crippen molar-refractivity contribution < 1.29 is 14.3 Å². The molecule has 2 aliphatic heterocycles. The highest BCUT2D eigenvalue weighted by atomic mass is 16.6. The number of carbonyl (C=O) groups excluding carboxylic acids is 1. The van der Waals surface area contributed by atoms with Crippen LogP contribution in [0.3, 0.4) is 0 Å². The van der Waals surface area contributed by atoms with E-state index in [1.54, 1.807) is 6.07 Å². The Morgan fingerprint density at radius 1 is 1.21 bits per heavy atom. The average Bonchev–Trinajstić information content (AvgIpc) is 2.62. The number of carbonyl (C=O) groups is 1. The van der Waals surface area contributed by atoms with Crippen LogP contribution in [0.4, 0.5) is 11.4 Å². The standard InChI is InChI=1S/C13H17N3O3/c14-9-6-11-12(19-5-4-18-11)7-10(9)16-3-1-2-15-13(17)8-16/h6-7H,1-5,8,14H2,(H,15,17). The summed E-state index contributed by atoms with van der Waals surface area (Å²) < 4.78 is 11.0. The van der Waals surface area contributed by atoms with Crippen LogP contribution in [0.5, 0.6) is 11.5 Å². The van der Waals surface area contributed by atoms with E-state index in [2.05, 4.69) is 5.32 Å². The molecule has 1 saturated heterocycles. The number of ether oxygens (including phenoxy) is 2. The molecule has 0 spiro atoms. The van der Waals surface area contributed by atoms with Crippen molar-refractivity contribution in [1.82, 2.24) is 5.32 Å². The minimum Gasteiger partial charge on any atom is -0.486 e. The van der Waals surface area contributed by atoms with Gasteiger partial charge < -0.3 is 25.4 Å². The topological polar surface area (TPSA) is 76.8 Å². The lowest BCUT2D eigenvalue weighted by Crippen LogP contribution is -2.33. The number of nitrogen functional groups attached to an aromatic ring is 1. The van der Waals surface area contributed by atoms with Crippen molar-refractivity contribution in [3.63, 3.8) is 0 Å². The summed E-state index contributed by atoms with van der Waals surface area (Å²) in [6.07, 6.45) is 0.902. The Morgan fingerprint density at radius 3 is 2.74 bits per heavy atom. The Kier molecular flexibility index (Phi) is 3.06. The number of amides is 1. The number of anilines is 2. The minimum atomic E-state index is 0.0202. The second-order valence-electron chi connectivity index (χ2n) is 4.68. The van der Waals surface area contributed by atoms with Gasteiger partial charge >= 0.3 is 0 Å². The zero-order valence-corrected chi connectivity index (χ0v) is 10.6. The van der Waals surface area contributed by atoms with Gasteiger partial charge in [0.2, 0.25) is 5.91 Å². The van der Waals surface area contributed by atoms with E-state index in [1.807, 2.05) is 11.0 Å². The van der Waals surface area contributed by atoms with Crippen LogP contribution in [0.2, 0.25) is 0 Å². The molecule has 0 aromatic heterocycles. The zero-order valence-electron chi connectivity index (χ0n) is 10.6. The molecule has 102 valence electrons. The number of nitrogens with one attached hydrogen (secondary N) is 1. The van der Waals surface area contributed by atoms with E-state index in [0.717, 1.165) is 18.7 Å². The quantitative estimate of drug-likeness (QED) is 0.716. The van der Waals surface area contributed by atoms with Crippen LogP contribution in [0.15, 0.2) is 12.1 Å². The van der Waals surface area contributed by atoms with Crippen LogP contribution in [0.1, 0.15) is 6.42 Å². The Hall–Kier alpha value is -2.11. The van der Waals surface area contributed by atoms with Gasteiger partial charge in [0.1, 0.15) is 13.2 Å². The maximum atomic E-state index is 11.6. The molecular formula is C13H17N3O3. The Bertz CT molecular complexity index is 504. The van der Waals surface area contributed by atoms with Crippen LogP contribution < -0.4 is 25.4 Å². The van der Waals surface area contributed by atoms with Gasteiger partial charge in [-0.2, -0.15) is 0 Å². The predicted octanol–water partition coefficient (Wildman–Crippen LogP) is 0.366. The number of hydrogen-bond acceptors (Lipinski definition) is 5. The summed E-state index contributed by atoms with van der Waals surface area (Å²) >= 11 is 0. The van der Waals surface area contributed by atoms with Gasteiger partial charge in [-0.25, -0.2) is 0 Å². The summed E-state index contributed by atoms with van der Waals surface area (Å²) in [5.41, 5.74) is 7.51. The van der Waals surface area contributed by atoms with Crippen molar-refractivity contribution >= 4 is 17.3 Å². The maximum absolute atomic E-state index is 11.6. The van der Waals surface area contributed by atoms with Crippen molar-refractivity contribution in [3.05, 3.63) is 12.1 Å². The second-order valence-corrected chi connectivity index (χ2v) is 4.68. The number of nitrogens with two attached hydrogens (primary N) is 1. The van der Waals surface area contributed by atoms with Gasteiger partial charge in [0.05, 0.1) is 17.9 Å². The second kappa shape index (κ2) is 4.87. The third-order valence-corrected chi connectivity index (χ3v) is 3.29. The summed E-state index contributed by atoms with van der Waals surface area (Å²) in [5.74, 6) is 1.39. The fraction of sp³-hybridized carbons (Fsp3) is 0.462. The molecule has 0 aliphatic carbocycles. The first kappa shape index (κ1) is 12.0. The van der Waals surface area contributed by atoms with Crippen LogP contribution in [0, 0.1) is 0 Å². The van der Waals surface area contributed by atoms with Gasteiger partial charge in [-0.05, 0) is 6.42 Å². The molecule has 1 fully saturated rings. The highest BCUT2D eigenvalue weighted by Gasteiger charge is 2.21. The first-order valence-corrected chi connectivity index (χ1v) is 6.45. The molecule has 0 bridgehead atoms. The number of fused-ring (bicyclic) bond motifs is 1. The normalized spacial score (nSPS) is 18.7. The summed E-state index contributed by atoms with van der Waals surface area (Å²) in [5, 5.41) is 2.85. The summed E-state index contributed by atoms with van der Waals surface area (Å²) in [7, 11) is 0. The molecule has 3 rings (SSSR count). The molecule has 2 aliphatic rings. The Morgan fingerprint density at radius 2 is 1.95 bits per heavy atom. The van der Waals surface area contributed by atoms with Crippen molar-refractivity contribution in [1.29, 1.82) is 0 Å². The number of benzene rings is 1. The molecule has 6 nitrogen and oxygen atoms in total. The van der Waals surface area contributed by atoms with Crippen LogP contribution in [0.25, 0.3) is 0 Å². The van der Waals surface area contributed by atoms with Crippen LogP contribution in [-0.2, 0) is 4.79 Å². The lowest BCUT2D eigenvalue weighted by molar-refractivity contribution is -0.119. The SMILES string of the molecule is Nc1cc2c(cc1N1CCCNC(=O)C1)OCCO2. The molecule has 0 saturated carbocycles. The molecule has 6 heteroatoms. The number of nitrogens with zero attached hydrogens (tertiary/aromatic N) is 1. The van der Waals surface area contributed by atoms with Crippen molar-refractivity contribution in [2.24, 2.45) is 0 Å². The van der Waals surface area contributed by atoms with Crippen molar-refractivity contribution in [3.8, 4) is 11.5 Å².